The highest BCUT2D eigenvalue weighted by Crippen LogP contribution is 2.67. The number of nitrogens with one attached hydrogen (secondary N) is 1. The molecule has 9 atom stereocenters. The summed E-state index contributed by atoms with van der Waals surface area (Å²) in [5.41, 5.74) is 2.38. The first-order valence-electron chi connectivity index (χ1n) is 18.7. The summed E-state index contributed by atoms with van der Waals surface area (Å²) in [6, 6.07) is 0.691. The fourth-order valence-electron chi connectivity index (χ4n) is 10.5. The number of ether oxygens (including phenoxy) is 1. The number of alkyl carbamates (subject to hydrolysis) is 1. The van der Waals surface area contributed by atoms with Gasteiger partial charge in [0.05, 0.1) is 6.61 Å². The maximum Gasteiger partial charge on any atom is 0.407 e. The Morgan fingerprint density at radius 2 is 1.71 bits per heavy atom. The van der Waals surface area contributed by atoms with Gasteiger partial charge >= 0.3 is 6.09 Å². The summed E-state index contributed by atoms with van der Waals surface area (Å²) < 4.78 is 20.0. The zero-order valence-corrected chi connectivity index (χ0v) is 31.6. The van der Waals surface area contributed by atoms with Crippen molar-refractivity contribution in [1.29, 1.82) is 0 Å². The molecule has 4 aliphatic carbocycles. The van der Waals surface area contributed by atoms with Gasteiger partial charge in [-0.3, -0.25) is 0 Å². The Kier molecular flexibility index (Phi) is 13.3. The topological polar surface area (TPSA) is 60.0 Å². The normalized spacial score (nSPS) is 34.4. The van der Waals surface area contributed by atoms with Gasteiger partial charge in [-0.1, -0.05) is 65.5 Å². The molecule has 1 N–H and O–H groups in total. The van der Waals surface area contributed by atoms with Crippen molar-refractivity contribution in [3.05, 3.63) is 11.6 Å². The molecule has 0 heterocycles. The lowest BCUT2D eigenvalue weighted by Gasteiger charge is -2.58. The van der Waals surface area contributed by atoms with Gasteiger partial charge in [-0.2, -0.15) is 0 Å². The number of amides is 1. The van der Waals surface area contributed by atoms with E-state index in [0.29, 0.717) is 30.7 Å². The Balaban J connectivity index is 1.24. The van der Waals surface area contributed by atoms with E-state index in [-0.39, 0.29) is 17.6 Å². The molecule has 1 unspecified atom stereocenters. The molecule has 0 radical (unpaired) electrons. The molecule has 3 fully saturated rings. The van der Waals surface area contributed by atoms with Crippen LogP contribution < -0.4 is 5.32 Å². The molecule has 260 valence electrons. The summed E-state index contributed by atoms with van der Waals surface area (Å²) in [5.74, 6) is 5.09. The Bertz CT molecular complexity index is 979. The number of hydrogen-bond acceptors (Lipinski definition) is 5. The van der Waals surface area contributed by atoms with E-state index in [9.17, 15) is 4.79 Å². The minimum absolute atomic E-state index is 0.0134. The van der Waals surface area contributed by atoms with Gasteiger partial charge in [-0.25, -0.2) is 9.46 Å². The van der Waals surface area contributed by atoms with Crippen LogP contribution in [0.1, 0.15) is 139 Å². The van der Waals surface area contributed by atoms with Crippen molar-refractivity contribution in [3.63, 3.8) is 0 Å². The zero-order chi connectivity index (χ0) is 32.9. The van der Waals surface area contributed by atoms with E-state index in [2.05, 4.69) is 78.4 Å². The third-order valence-corrected chi connectivity index (χ3v) is 14.7. The molecule has 3 saturated carbocycles. The van der Waals surface area contributed by atoms with Crippen LogP contribution in [-0.2, 0) is 13.8 Å². The molecule has 0 aromatic rings. The maximum absolute atomic E-state index is 12.7. The van der Waals surface area contributed by atoms with Crippen molar-refractivity contribution in [1.82, 2.24) is 9.99 Å². The summed E-state index contributed by atoms with van der Waals surface area (Å²) in [7, 11) is 0.613. The lowest BCUT2D eigenvalue weighted by atomic mass is 9.47. The standard InChI is InChI=1S/C38H69N2O4P/c1-26(2)13-11-14-29(7)33-17-18-34-32-16-15-30-25-31(19-21-37(30,8)35(32)20-22-38(33,34)9)44-36(41)39-23-12-24-43-45(42-10)40(27(3)4)28(5)6/h15,26-29,31-35H,11-14,16-25H2,1-10H3,(H,39,41)/t29-,31+,32+,33-,34+,35+,37+,38-,45?/m1/s1. The SMILES string of the molecule is COP(OCCCNC(=O)O[C@H]1CC[C@@]2(C)C(=CC[C@H]3[C@@H]4CC[C@H]([C@H](C)CCCC(C)C)[C@@]4(C)CC[C@@H]32)C1)N(C(C)C)C(C)C. The highest BCUT2D eigenvalue weighted by atomic mass is 31.2. The minimum Gasteiger partial charge on any atom is -0.446 e. The maximum atomic E-state index is 12.7. The second kappa shape index (κ2) is 16.1. The molecule has 4 rings (SSSR count). The molecule has 0 aliphatic heterocycles. The molecular weight excluding hydrogens is 579 g/mol. The van der Waals surface area contributed by atoms with Crippen LogP contribution in [-0.4, -0.2) is 49.2 Å². The van der Waals surface area contributed by atoms with E-state index in [1.807, 2.05) is 0 Å². The number of nitrogens with zero attached hydrogens (tertiary/aromatic N) is 1. The van der Waals surface area contributed by atoms with Crippen LogP contribution in [0.4, 0.5) is 4.79 Å². The lowest BCUT2D eigenvalue weighted by molar-refractivity contribution is -0.0581. The second-order valence-corrected chi connectivity index (χ2v) is 18.2. The fourth-order valence-corrected chi connectivity index (χ4v) is 12.0. The van der Waals surface area contributed by atoms with E-state index in [1.165, 1.54) is 51.4 Å². The van der Waals surface area contributed by atoms with Gasteiger partial charge in [-0.05, 0) is 125 Å². The third-order valence-electron chi connectivity index (χ3n) is 12.7. The Morgan fingerprint density at radius 3 is 2.38 bits per heavy atom. The number of carbonyl (C=O) groups is 1. The van der Waals surface area contributed by atoms with Gasteiger partial charge in [0.1, 0.15) is 6.10 Å². The first-order chi connectivity index (χ1) is 21.3. The van der Waals surface area contributed by atoms with Gasteiger partial charge in [0, 0.05) is 32.2 Å². The molecule has 6 nitrogen and oxygen atoms in total. The molecule has 45 heavy (non-hydrogen) atoms. The average Bonchev–Trinajstić information content (AvgIpc) is 3.33. The first kappa shape index (κ1) is 37.1. The van der Waals surface area contributed by atoms with Gasteiger partial charge in [0.15, 0.2) is 0 Å². The number of hydrogen-bond donors (Lipinski definition) is 1. The van der Waals surface area contributed by atoms with Crippen molar-refractivity contribution in [2.75, 3.05) is 20.3 Å². The summed E-state index contributed by atoms with van der Waals surface area (Å²) in [6.07, 6.45) is 17.2. The fraction of sp³-hybridized carbons (Fsp3) is 0.921. The highest BCUT2D eigenvalue weighted by molar-refractivity contribution is 7.44. The number of rotatable bonds is 15. The van der Waals surface area contributed by atoms with E-state index >= 15 is 0 Å². The molecule has 0 aromatic heterocycles. The van der Waals surface area contributed by atoms with E-state index in [1.54, 1.807) is 12.7 Å². The largest absolute Gasteiger partial charge is 0.446 e. The van der Waals surface area contributed by atoms with Crippen LogP contribution in [0, 0.1) is 46.3 Å². The van der Waals surface area contributed by atoms with E-state index < -0.39 is 8.53 Å². The monoisotopic (exact) mass is 648 g/mol. The van der Waals surface area contributed by atoms with Crippen molar-refractivity contribution in [3.8, 4) is 0 Å². The molecule has 4 aliphatic rings. The molecular formula is C38H69N2O4P. The van der Waals surface area contributed by atoms with Crippen LogP contribution in [0.2, 0.25) is 0 Å². The summed E-state index contributed by atoms with van der Waals surface area (Å²) in [6.45, 7) is 22.3. The van der Waals surface area contributed by atoms with Crippen molar-refractivity contribution >= 4 is 14.6 Å². The van der Waals surface area contributed by atoms with Gasteiger partial charge in [0.2, 0.25) is 0 Å². The average molecular weight is 649 g/mol. The highest BCUT2D eigenvalue weighted by Gasteiger charge is 2.59. The van der Waals surface area contributed by atoms with Gasteiger partial charge < -0.3 is 19.1 Å². The van der Waals surface area contributed by atoms with Crippen LogP contribution in [0.25, 0.3) is 0 Å². The zero-order valence-electron chi connectivity index (χ0n) is 30.7. The van der Waals surface area contributed by atoms with Gasteiger partial charge in [0.25, 0.3) is 8.53 Å². The minimum atomic E-state index is -1.10. The number of allylic oxidation sites excluding steroid dienone is 1. The van der Waals surface area contributed by atoms with Crippen LogP contribution in [0.3, 0.4) is 0 Å². The molecule has 0 aromatic carbocycles. The lowest BCUT2D eigenvalue weighted by Crippen LogP contribution is -2.51. The van der Waals surface area contributed by atoms with E-state index in [0.717, 1.165) is 61.2 Å². The predicted molar refractivity (Wildman–Crippen MR) is 188 cm³/mol. The van der Waals surface area contributed by atoms with Crippen molar-refractivity contribution in [2.45, 2.75) is 158 Å². The Hall–Kier alpha value is -0.680. The third kappa shape index (κ3) is 8.49. The van der Waals surface area contributed by atoms with Gasteiger partial charge in [-0.15, -0.1) is 0 Å². The van der Waals surface area contributed by atoms with Crippen molar-refractivity contribution in [2.24, 2.45) is 46.3 Å². The summed E-state index contributed by atoms with van der Waals surface area (Å²) in [4.78, 5) is 12.7. The predicted octanol–water partition coefficient (Wildman–Crippen LogP) is 10.5. The quantitative estimate of drug-likeness (QED) is 0.109. The Labute approximate surface area is 278 Å². The number of carbonyl (C=O) groups excluding carboxylic acids is 1. The molecule has 7 heteroatoms. The van der Waals surface area contributed by atoms with Crippen LogP contribution in [0.5, 0.6) is 0 Å². The number of fused-ring (bicyclic) bond motifs is 5. The first-order valence-corrected chi connectivity index (χ1v) is 19.8. The van der Waals surface area contributed by atoms with Crippen molar-refractivity contribution < 1.29 is 18.6 Å². The molecule has 0 saturated heterocycles. The van der Waals surface area contributed by atoms with Crippen LogP contribution >= 0.6 is 8.53 Å². The molecule has 1 amide bonds. The second-order valence-electron chi connectivity index (χ2n) is 16.7. The Morgan fingerprint density at radius 1 is 0.978 bits per heavy atom. The summed E-state index contributed by atoms with van der Waals surface area (Å²) >= 11 is 0. The van der Waals surface area contributed by atoms with E-state index in [4.69, 9.17) is 13.8 Å². The molecule has 0 bridgehead atoms. The summed E-state index contributed by atoms with van der Waals surface area (Å²) in [5, 5.41) is 2.98. The molecule has 0 spiro atoms. The van der Waals surface area contributed by atoms with Crippen LogP contribution in [0.15, 0.2) is 11.6 Å². The smallest absolute Gasteiger partial charge is 0.407 e.